The second-order valence-electron chi connectivity index (χ2n) is 2.19. The predicted octanol–water partition coefficient (Wildman–Crippen LogP) is 1.43. The molecule has 74 valence electrons. The van der Waals surface area contributed by atoms with Gasteiger partial charge in [0, 0.05) is 6.54 Å². The van der Waals surface area contributed by atoms with Crippen LogP contribution in [-0.4, -0.2) is 26.7 Å². The van der Waals surface area contributed by atoms with Crippen molar-refractivity contribution in [3.8, 4) is 0 Å². The number of methoxy groups -OCH3 is 1. The summed E-state index contributed by atoms with van der Waals surface area (Å²) in [5, 5.41) is 2.93. The van der Waals surface area contributed by atoms with Crippen LogP contribution in [0.4, 0.5) is 0 Å². The molecule has 0 unspecified atom stereocenters. The van der Waals surface area contributed by atoms with Crippen LogP contribution in [0.2, 0.25) is 0 Å². The predicted molar refractivity (Wildman–Crippen MR) is 51.1 cm³/mol. The lowest BCUT2D eigenvalue weighted by molar-refractivity contribution is -0.145. The molecule has 12 heavy (non-hydrogen) atoms. The van der Waals surface area contributed by atoms with E-state index in [0.717, 1.165) is 6.42 Å². The summed E-state index contributed by atoms with van der Waals surface area (Å²) in [6.07, 6.45) is 0.827. The fraction of sp³-hybridized carbons (Fsp3) is 0.889. The fourth-order valence-corrected chi connectivity index (χ4v) is 0.807. The van der Waals surface area contributed by atoms with Gasteiger partial charge in [0.25, 0.3) is 0 Å². The minimum absolute atomic E-state index is 0.00926. The van der Waals surface area contributed by atoms with Crippen molar-refractivity contribution in [3.05, 3.63) is 0 Å². The molecule has 0 aromatic carbocycles. The molecule has 0 aliphatic carbocycles. The third-order valence-corrected chi connectivity index (χ3v) is 1.48. The summed E-state index contributed by atoms with van der Waals surface area (Å²) >= 11 is 0. The maximum absolute atomic E-state index is 10.9. The number of esters is 1. The Labute approximate surface area is 75.5 Å². The van der Waals surface area contributed by atoms with Crippen molar-refractivity contribution in [1.82, 2.24) is 5.32 Å². The van der Waals surface area contributed by atoms with Gasteiger partial charge in [-0.15, -0.1) is 0 Å². The van der Waals surface area contributed by atoms with Crippen LogP contribution < -0.4 is 5.32 Å². The second-order valence-corrected chi connectivity index (χ2v) is 2.19. The van der Waals surface area contributed by atoms with E-state index in [4.69, 9.17) is 0 Å². The Balaban J connectivity index is 0. The van der Waals surface area contributed by atoms with Crippen LogP contribution in [0.3, 0.4) is 0 Å². The van der Waals surface area contributed by atoms with E-state index >= 15 is 0 Å². The Morgan fingerprint density at radius 2 is 2.00 bits per heavy atom. The molecule has 3 heteroatoms. The number of hydrogen-bond acceptors (Lipinski definition) is 3. The molecule has 0 aliphatic heterocycles. The Morgan fingerprint density at radius 1 is 1.50 bits per heavy atom. The zero-order valence-corrected chi connectivity index (χ0v) is 8.81. The Bertz CT molecular complexity index is 105. The zero-order chi connectivity index (χ0) is 9.98. The second kappa shape index (κ2) is 10.4. The van der Waals surface area contributed by atoms with E-state index < -0.39 is 0 Å². The third-order valence-electron chi connectivity index (χ3n) is 1.48. The summed E-state index contributed by atoms with van der Waals surface area (Å²) in [5.74, 6) is -0.119. The van der Waals surface area contributed by atoms with Crippen LogP contribution in [0, 0.1) is 5.92 Å². The Kier molecular flexibility index (Phi) is 12.2. The van der Waals surface area contributed by atoms with Gasteiger partial charge in [0.15, 0.2) is 0 Å². The van der Waals surface area contributed by atoms with Crippen molar-refractivity contribution in [2.45, 2.75) is 27.2 Å². The first kappa shape index (κ1) is 14.0. The Morgan fingerprint density at radius 3 is 2.25 bits per heavy atom. The average molecular weight is 175 g/mol. The van der Waals surface area contributed by atoms with E-state index in [-0.39, 0.29) is 11.9 Å². The van der Waals surface area contributed by atoms with Crippen molar-refractivity contribution < 1.29 is 9.53 Å². The van der Waals surface area contributed by atoms with E-state index in [2.05, 4.69) is 10.1 Å². The summed E-state index contributed by atoms with van der Waals surface area (Å²) < 4.78 is 4.58. The largest absolute Gasteiger partial charge is 0.469 e. The molecule has 1 atom stereocenters. The van der Waals surface area contributed by atoms with Crippen LogP contribution in [0.25, 0.3) is 0 Å². The molecule has 0 spiro atoms. The molecule has 0 fully saturated rings. The first-order valence-electron chi connectivity index (χ1n) is 4.48. The lowest BCUT2D eigenvalue weighted by Gasteiger charge is -2.10. The molecular formula is C9H21NO2. The molecule has 0 radical (unpaired) electrons. The number of hydrogen-bond donors (Lipinski definition) is 1. The quantitative estimate of drug-likeness (QED) is 0.657. The summed E-state index contributed by atoms with van der Waals surface area (Å²) in [5.41, 5.74) is 0. The smallest absolute Gasteiger partial charge is 0.309 e. The number of carbonyl (C=O) groups excluding carboxylic acids is 1. The summed E-state index contributed by atoms with van der Waals surface area (Å²) in [7, 11) is 3.24. The van der Waals surface area contributed by atoms with Crippen molar-refractivity contribution in [2.24, 2.45) is 5.92 Å². The summed E-state index contributed by atoms with van der Waals surface area (Å²) in [6, 6.07) is 0. The third kappa shape index (κ3) is 6.16. The maximum atomic E-state index is 10.9. The van der Waals surface area contributed by atoms with Crippen LogP contribution in [0.5, 0.6) is 0 Å². The molecule has 0 amide bonds. The highest BCUT2D eigenvalue weighted by Crippen LogP contribution is 2.01. The Hall–Kier alpha value is -0.570. The molecule has 0 saturated heterocycles. The topological polar surface area (TPSA) is 38.3 Å². The van der Waals surface area contributed by atoms with Crippen molar-refractivity contribution >= 4 is 5.97 Å². The first-order valence-corrected chi connectivity index (χ1v) is 4.48. The number of rotatable bonds is 4. The van der Waals surface area contributed by atoms with Crippen molar-refractivity contribution in [3.63, 3.8) is 0 Å². The molecule has 0 aromatic heterocycles. The van der Waals surface area contributed by atoms with Gasteiger partial charge in [0.05, 0.1) is 13.0 Å². The zero-order valence-electron chi connectivity index (χ0n) is 8.81. The molecule has 0 heterocycles. The lowest BCUT2D eigenvalue weighted by Crippen LogP contribution is -2.26. The molecule has 0 bridgehead atoms. The molecule has 0 aromatic rings. The summed E-state index contributed by atoms with van der Waals surface area (Å²) in [4.78, 5) is 10.9. The normalized spacial score (nSPS) is 11.1. The highest BCUT2D eigenvalue weighted by molar-refractivity contribution is 5.72. The van der Waals surface area contributed by atoms with Gasteiger partial charge in [0.1, 0.15) is 0 Å². The van der Waals surface area contributed by atoms with Crippen LogP contribution >= 0.6 is 0 Å². The van der Waals surface area contributed by atoms with Gasteiger partial charge in [-0.25, -0.2) is 0 Å². The SMILES string of the molecule is CC.CC[C@H](CNC)C(=O)OC. The molecular weight excluding hydrogens is 154 g/mol. The van der Waals surface area contributed by atoms with Crippen LogP contribution in [-0.2, 0) is 9.53 Å². The minimum Gasteiger partial charge on any atom is -0.469 e. The van der Waals surface area contributed by atoms with E-state index in [0.29, 0.717) is 6.54 Å². The van der Waals surface area contributed by atoms with Crippen LogP contribution in [0.15, 0.2) is 0 Å². The molecule has 0 rings (SSSR count). The molecule has 0 aliphatic rings. The van der Waals surface area contributed by atoms with Crippen molar-refractivity contribution in [2.75, 3.05) is 20.7 Å². The van der Waals surface area contributed by atoms with Crippen molar-refractivity contribution in [1.29, 1.82) is 0 Å². The molecule has 0 saturated carbocycles. The van der Waals surface area contributed by atoms with E-state index in [9.17, 15) is 4.79 Å². The van der Waals surface area contributed by atoms with Gasteiger partial charge in [-0.05, 0) is 13.5 Å². The molecule has 3 nitrogen and oxygen atoms in total. The van der Waals surface area contributed by atoms with E-state index in [1.807, 2.05) is 27.8 Å². The lowest BCUT2D eigenvalue weighted by atomic mass is 10.1. The first-order chi connectivity index (χ1) is 5.76. The monoisotopic (exact) mass is 175 g/mol. The van der Waals surface area contributed by atoms with E-state index in [1.54, 1.807) is 0 Å². The fourth-order valence-electron chi connectivity index (χ4n) is 0.807. The van der Waals surface area contributed by atoms with Gasteiger partial charge in [-0.2, -0.15) is 0 Å². The standard InChI is InChI=1S/C7H15NO2.C2H6/c1-4-6(5-8-2)7(9)10-3;1-2/h6,8H,4-5H2,1-3H3;1-2H3/t6-;/m1./s1. The molecule has 1 N–H and O–H groups in total. The van der Waals surface area contributed by atoms with Crippen LogP contribution in [0.1, 0.15) is 27.2 Å². The van der Waals surface area contributed by atoms with Gasteiger partial charge < -0.3 is 10.1 Å². The highest BCUT2D eigenvalue weighted by atomic mass is 16.5. The van der Waals surface area contributed by atoms with E-state index in [1.165, 1.54) is 7.11 Å². The van der Waals surface area contributed by atoms with Gasteiger partial charge >= 0.3 is 5.97 Å². The average Bonchev–Trinajstić information content (AvgIpc) is 2.16. The highest BCUT2D eigenvalue weighted by Gasteiger charge is 2.14. The number of nitrogens with one attached hydrogen (secondary N) is 1. The van der Waals surface area contributed by atoms with Gasteiger partial charge in [-0.3, -0.25) is 4.79 Å². The van der Waals surface area contributed by atoms with Gasteiger partial charge in [0.2, 0.25) is 0 Å². The number of ether oxygens (including phenoxy) is 1. The summed E-state index contributed by atoms with van der Waals surface area (Å²) in [6.45, 7) is 6.67. The minimum atomic E-state index is -0.128. The number of carbonyl (C=O) groups is 1. The maximum Gasteiger partial charge on any atom is 0.309 e. The van der Waals surface area contributed by atoms with Gasteiger partial charge in [-0.1, -0.05) is 20.8 Å².